The summed E-state index contributed by atoms with van der Waals surface area (Å²) < 4.78 is 16.7. The zero-order chi connectivity index (χ0) is 21.6. The van der Waals surface area contributed by atoms with Crippen molar-refractivity contribution in [1.82, 2.24) is 9.55 Å². The molecule has 2 aliphatic rings. The molecule has 1 saturated carbocycles. The van der Waals surface area contributed by atoms with Crippen LogP contribution in [0.25, 0.3) is 11.0 Å². The number of halogens is 1. The Bertz CT molecular complexity index is 1140. The molecule has 30 heavy (non-hydrogen) atoms. The third-order valence-corrected chi connectivity index (χ3v) is 5.67. The molecule has 3 N–H and O–H groups in total. The van der Waals surface area contributed by atoms with Crippen molar-refractivity contribution in [3.05, 3.63) is 46.7 Å². The van der Waals surface area contributed by atoms with Gasteiger partial charge >= 0.3 is 5.97 Å². The molecule has 1 atom stereocenters. The van der Waals surface area contributed by atoms with Gasteiger partial charge in [-0.2, -0.15) is 0 Å². The van der Waals surface area contributed by atoms with Gasteiger partial charge in [0, 0.05) is 30.7 Å². The Morgan fingerprint density at radius 1 is 1.57 bits per heavy atom. The molecule has 2 fully saturated rings. The maximum Gasteiger partial charge on any atom is 0.341 e. The van der Waals surface area contributed by atoms with Crippen LogP contribution in [0.1, 0.15) is 36.2 Å². The Kier molecular flexibility index (Phi) is 4.81. The number of aromatic nitrogens is 2. The van der Waals surface area contributed by atoms with Crippen LogP contribution >= 0.6 is 0 Å². The Labute approximate surface area is 171 Å². The number of hydrogen-bond acceptors (Lipinski definition) is 7. The van der Waals surface area contributed by atoms with Crippen molar-refractivity contribution < 1.29 is 19.1 Å². The van der Waals surface area contributed by atoms with Gasteiger partial charge in [0.15, 0.2) is 11.6 Å². The molecule has 1 unspecified atom stereocenters. The third-order valence-electron chi connectivity index (χ3n) is 5.67. The maximum absolute atomic E-state index is 15.0. The number of carboxylic acids is 1. The number of carboxylic acid groups (broad SMARTS) is 1. The van der Waals surface area contributed by atoms with Crippen LogP contribution < -0.4 is 16.1 Å². The number of fused-ring (bicyclic) bond motifs is 1. The number of nitrogens with two attached hydrogens (primary N) is 1. The van der Waals surface area contributed by atoms with Crippen LogP contribution in [0.15, 0.2) is 35.1 Å². The molecule has 10 heteroatoms. The molecule has 2 aromatic rings. The first-order chi connectivity index (χ1) is 14.3. The predicted octanol–water partition coefficient (Wildman–Crippen LogP) is 1.87. The highest BCUT2D eigenvalue weighted by atomic mass is 19.1. The SMILES string of the molecule is C=CO/N=C1\CN(c2nc3c(cc2F)c(=O)c(C(=O)O)cn3C2CC2)CC1(C)CN. The van der Waals surface area contributed by atoms with E-state index < -0.39 is 28.2 Å². The lowest BCUT2D eigenvalue weighted by molar-refractivity contribution is 0.0695. The quantitative estimate of drug-likeness (QED) is 0.545. The molecular weight excluding hydrogens is 393 g/mol. The van der Waals surface area contributed by atoms with E-state index in [4.69, 9.17) is 10.6 Å². The molecule has 1 aliphatic carbocycles. The molecule has 0 bridgehead atoms. The molecule has 3 heterocycles. The van der Waals surface area contributed by atoms with E-state index in [2.05, 4.69) is 16.7 Å². The van der Waals surface area contributed by atoms with Crippen LogP contribution in [0, 0.1) is 11.2 Å². The molecule has 0 radical (unpaired) electrons. The number of pyridine rings is 2. The molecule has 2 aromatic heterocycles. The summed E-state index contributed by atoms with van der Waals surface area (Å²) in [5.74, 6) is -2.00. The molecule has 0 amide bonds. The summed E-state index contributed by atoms with van der Waals surface area (Å²) in [4.78, 5) is 35.2. The number of aromatic carboxylic acids is 1. The molecule has 1 saturated heterocycles. The van der Waals surface area contributed by atoms with Crippen molar-refractivity contribution in [2.75, 3.05) is 24.5 Å². The van der Waals surface area contributed by atoms with Crippen LogP contribution in [-0.4, -0.2) is 46.0 Å². The molecule has 0 spiro atoms. The largest absolute Gasteiger partial charge is 0.477 e. The first kappa shape index (κ1) is 20.0. The first-order valence-electron chi connectivity index (χ1n) is 9.57. The van der Waals surface area contributed by atoms with E-state index >= 15 is 4.39 Å². The topological polar surface area (TPSA) is 123 Å². The van der Waals surface area contributed by atoms with Gasteiger partial charge in [-0.15, -0.1) is 0 Å². The van der Waals surface area contributed by atoms with Crippen LogP contribution in [0.2, 0.25) is 0 Å². The monoisotopic (exact) mass is 415 g/mol. The average molecular weight is 415 g/mol. The molecule has 1 aliphatic heterocycles. The van der Waals surface area contributed by atoms with Gasteiger partial charge < -0.3 is 25.1 Å². The highest BCUT2D eigenvalue weighted by molar-refractivity contribution is 5.97. The van der Waals surface area contributed by atoms with Crippen molar-refractivity contribution in [3.63, 3.8) is 0 Å². The van der Waals surface area contributed by atoms with Crippen LogP contribution in [0.5, 0.6) is 0 Å². The summed E-state index contributed by atoms with van der Waals surface area (Å²) in [6.45, 7) is 6.24. The fraction of sp³-hybridized carbons (Fsp3) is 0.400. The minimum absolute atomic E-state index is 0.0445. The second kappa shape index (κ2) is 7.21. The number of anilines is 1. The summed E-state index contributed by atoms with van der Waals surface area (Å²) in [5.41, 5.74) is 5.15. The summed E-state index contributed by atoms with van der Waals surface area (Å²) in [6, 6.07) is 1.11. The lowest BCUT2D eigenvalue weighted by atomic mass is 9.88. The second-order valence-electron chi connectivity index (χ2n) is 7.91. The zero-order valence-corrected chi connectivity index (χ0v) is 16.5. The summed E-state index contributed by atoms with van der Waals surface area (Å²) in [6.07, 6.45) is 4.18. The molecule has 9 nitrogen and oxygen atoms in total. The first-order valence-corrected chi connectivity index (χ1v) is 9.57. The molecule has 158 valence electrons. The van der Waals surface area contributed by atoms with Crippen molar-refractivity contribution >= 4 is 28.5 Å². The van der Waals surface area contributed by atoms with Gasteiger partial charge in [0.2, 0.25) is 5.43 Å². The molecular formula is C20H22FN5O4. The third kappa shape index (κ3) is 3.22. The van der Waals surface area contributed by atoms with Gasteiger partial charge in [0.25, 0.3) is 0 Å². The Morgan fingerprint density at radius 2 is 2.30 bits per heavy atom. The normalized spacial score (nSPS) is 22.6. The Morgan fingerprint density at radius 3 is 2.90 bits per heavy atom. The van der Waals surface area contributed by atoms with Crippen molar-refractivity contribution in [1.29, 1.82) is 0 Å². The van der Waals surface area contributed by atoms with Gasteiger partial charge in [-0.05, 0) is 18.9 Å². The van der Waals surface area contributed by atoms with E-state index in [0.29, 0.717) is 12.3 Å². The average Bonchev–Trinajstić information content (AvgIpc) is 3.50. The fourth-order valence-corrected chi connectivity index (χ4v) is 3.75. The van der Waals surface area contributed by atoms with E-state index in [-0.39, 0.29) is 36.0 Å². The van der Waals surface area contributed by atoms with Gasteiger partial charge in [0.1, 0.15) is 17.5 Å². The van der Waals surface area contributed by atoms with Crippen LogP contribution in [0.4, 0.5) is 10.2 Å². The van der Waals surface area contributed by atoms with E-state index in [0.717, 1.165) is 18.9 Å². The number of rotatable bonds is 6. The lowest BCUT2D eigenvalue weighted by Crippen LogP contribution is -2.36. The second-order valence-corrected chi connectivity index (χ2v) is 7.91. The fourth-order valence-electron chi connectivity index (χ4n) is 3.75. The highest BCUT2D eigenvalue weighted by Gasteiger charge is 2.41. The van der Waals surface area contributed by atoms with E-state index in [9.17, 15) is 14.7 Å². The van der Waals surface area contributed by atoms with Gasteiger partial charge in [-0.1, -0.05) is 18.7 Å². The molecule has 4 rings (SSSR count). The molecule has 0 aromatic carbocycles. The maximum atomic E-state index is 15.0. The Hall–Kier alpha value is -3.27. The Balaban J connectivity index is 1.85. The van der Waals surface area contributed by atoms with Gasteiger partial charge in [0.05, 0.1) is 17.6 Å². The summed E-state index contributed by atoms with van der Waals surface area (Å²) in [5, 5.41) is 13.3. The van der Waals surface area contributed by atoms with E-state index in [1.165, 1.54) is 12.5 Å². The van der Waals surface area contributed by atoms with Gasteiger partial charge in [-0.3, -0.25) is 4.79 Å². The van der Waals surface area contributed by atoms with E-state index in [1.54, 1.807) is 9.47 Å². The van der Waals surface area contributed by atoms with Crippen molar-refractivity contribution in [2.45, 2.75) is 25.8 Å². The number of carbonyl (C=O) groups is 1. The van der Waals surface area contributed by atoms with E-state index in [1.807, 2.05) is 6.92 Å². The van der Waals surface area contributed by atoms with Crippen molar-refractivity contribution in [2.24, 2.45) is 16.3 Å². The predicted molar refractivity (Wildman–Crippen MR) is 109 cm³/mol. The lowest BCUT2D eigenvalue weighted by Gasteiger charge is -2.23. The number of oxime groups is 1. The number of hydrogen-bond donors (Lipinski definition) is 2. The standard InChI is InChI=1S/C20H22FN5O4/c1-3-30-24-15-8-25(10-20(15,2)9-22)18-14(21)6-12-16(27)13(19(28)29)7-26(11-4-5-11)17(12)23-18/h3,6-7,11H,1,4-5,8-10,22H2,2H3,(H,28,29)/b24-15+. The van der Waals surface area contributed by atoms with Crippen LogP contribution in [-0.2, 0) is 4.84 Å². The smallest absolute Gasteiger partial charge is 0.341 e. The van der Waals surface area contributed by atoms with Crippen LogP contribution in [0.3, 0.4) is 0 Å². The van der Waals surface area contributed by atoms with Gasteiger partial charge in [-0.25, -0.2) is 14.2 Å². The zero-order valence-electron chi connectivity index (χ0n) is 16.5. The highest BCUT2D eigenvalue weighted by Crippen LogP contribution is 2.38. The summed E-state index contributed by atoms with van der Waals surface area (Å²) >= 11 is 0. The number of nitrogens with zero attached hydrogens (tertiary/aromatic N) is 4. The minimum atomic E-state index is -1.35. The van der Waals surface area contributed by atoms with Crippen molar-refractivity contribution in [3.8, 4) is 0 Å². The summed E-state index contributed by atoms with van der Waals surface area (Å²) in [7, 11) is 0. The minimum Gasteiger partial charge on any atom is -0.477 e.